The SMILES string of the molecule is NC(=O)C1CCN(S(=O)(=O)N2CCN(S(=O)(=O)c3ccccc3)CC2)CC1. The summed E-state index contributed by atoms with van der Waals surface area (Å²) in [5.41, 5.74) is 5.29. The second kappa shape index (κ2) is 7.84. The molecule has 3 rings (SSSR count). The molecule has 2 heterocycles. The van der Waals surface area contributed by atoms with Crippen LogP contribution < -0.4 is 5.73 Å². The molecule has 27 heavy (non-hydrogen) atoms. The number of nitrogens with two attached hydrogens (primary N) is 1. The molecule has 0 aliphatic carbocycles. The fourth-order valence-electron chi connectivity index (χ4n) is 3.42. The summed E-state index contributed by atoms with van der Waals surface area (Å²) in [4.78, 5) is 11.4. The summed E-state index contributed by atoms with van der Waals surface area (Å²) in [5, 5.41) is 0. The van der Waals surface area contributed by atoms with E-state index in [2.05, 4.69) is 0 Å². The van der Waals surface area contributed by atoms with Crippen molar-refractivity contribution in [2.75, 3.05) is 39.3 Å². The molecule has 2 aliphatic heterocycles. The van der Waals surface area contributed by atoms with Crippen LogP contribution in [0.3, 0.4) is 0 Å². The first kappa shape index (κ1) is 20.2. The predicted molar refractivity (Wildman–Crippen MR) is 99.2 cm³/mol. The third kappa shape index (κ3) is 4.16. The molecule has 1 aromatic carbocycles. The number of sulfonamides is 1. The van der Waals surface area contributed by atoms with E-state index in [0.29, 0.717) is 12.8 Å². The van der Waals surface area contributed by atoms with Crippen molar-refractivity contribution in [2.45, 2.75) is 17.7 Å². The molecule has 2 N–H and O–H groups in total. The van der Waals surface area contributed by atoms with E-state index < -0.39 is 26.1 Å². The number of rotatable bonds is 5. The van der Waals surface area contributed by atoms with E-state index in [1.54, 1.807) is 18.2 Å². The molecule has 0 atom stereocenters. The molecule has 150 valence electrons. The lowest BCUT2D eigenvalue weighted by Crippen LogP contribution is -2.55. The maximum atomic E-state index is 12.8. The highest BCUT2D eigenvalue weighted by Crippen LogP contribution is 2.23. The summed E-state index contributed by atoms with van der Waals surface area (Å²) >= 11 is 0. The lowest BCUT2D eigenvalue weighted by atomic mass is 9.98. The van der Waals surface area contributed by atoms with Gasteiger partial charge >= 0.3 is 0 Å². The Morgan fingerprint density at radius 3 is 1.81 bits per heavy atom. The Hall–Kier alpha value is -1.53. The van der Waals surface area contributed by atoms with Gasteiger partial charge in [0.05, 0.1) is 4.90 Å². The van der Waals surface area contributed by atoms with Crippen molar-refractivity contribution in [3.05, 3.63) is 30.3 Å². The lowest BCUT2D eigenvalue weighted by molar-refractivity contribution is -0.122. The van der Waals surface area contributed by atoms with Gasteiger partial charge in [-0.25, -0.2) is 8.42 Å². The molecule has 0 saturated carbocycles. The Morgan fingerprint density at radius 1 is 0.815 bits per heavy atom. The van der Waals surface area contributed by atoms with E-state index in [1.807, 2.05) is 0 Å². The predicted octanol–water partition coefficient (Wildman–Crippen LogP) is -0.565. The second-order valence-electron chi connectivity index (χ2n) is 6.70. The standard InChI is InChI=1S/C16H24N4O5S2/c17-16(21)14-6-8-19(9-7-14)27(24,25)20-12-10-18(11-13-20)26(22,23)15-4-2-1-3-5-15/h1-5,14H,6-13H2,(H2,17,21). The molecule has 2 aliphatic rings. The minimum absolute atomic E-state index is 0.101. The molecule has 0 unspecified atom stereocenters. The molecule has 0 bridgehead atoms. The summed E-state index contributed by atoms with van der Waals surface area (Å²) in [6, 6.07) is 8.11. The van der Waals surface area contributed by atoms with E-state index in [1.165, 1.54) is 25.0 Å². The zero-order chi connectivity index (χ0) is 19.7. The van der Waals surface area contributed by atoms with Gasteiger partial charge in [-0.1, -0.05) is 18.2 Å². The number of amides is 1. The van der Waals surface area contributed by atoms with Gasteiger partial charge in [-0.15, -0.1) is 0 Å². The van der Waals surface area contributed by atoms with Crippen LogP contribution in [0.2, 0.25) is 0 Å². The first-order valence-corrected chi connectivity index (χ1v) is 11.7. The average Bonchev–Trinajstić information content (AvgIpc) is 2.69. The van der Waals surface area contributed by atoms with Crippen LogP contribution in [0.25, 0.3) is 0 Å². The highest BCUT2D eigenvalue weighted by Gasteiger charge is 2.37. The van der Waals surface area contributed by atoms with E-state index in [9.17, 15) is 21.6 Å². The van der Waals surface area contributed by atoms with Gasteiger partial charge in [0.2, 0.25) is 15.9 Å². The quantitative estimate of drug-likeness (QED) is 0.689. The second-order valence-corrected chi connectivity index (χ2v) is 10.6. The van der Waals surface area contributed by atoms with Crippen LogP contribution in [-0.4, -0.2) is 74.9 Å². The van der Waals surface area contributed by atoms with Crippen LogP contribution in [0.5, 0.6) is 0 Å². The number of carbonyl (C=O) groups is 1. The fraction of sp³-hybridized carbons (Fsp3) is 0.562. The molecule has 0 spiro atoms. The van der Waals surface area contributed by atoms with Gasteiger partial charge in [0, 0.05) is 45.2 Å². The number of hydrogen-bond donors (Lipinski definition) is 1. The zero-order valence-electron chi connectivity index (χ0n) is 14.9. The summed E-state index contributed by atoms with van der Waals surface area (Å²) in [7, 11) is -7.30. The van der Waals surface area contributed by atoms with E-state index in [0.717, 1.165) is 0 Å². The Balaban J connectivity index is 1.63. The van der Waals surface area contributed by atoms with Crippen LogP contribution in [0.15, 0.2) is 35.2 Å². The van der Waals surface area contributed by atoms with Gasteiger partial charge in [0.1, 0.15) is 0 Å². The Morgan fingerprint density at radius 2 is 1.30 bits per heavy atom. The minimum Gasteiger partial charge on any atom is -0.369 e. The highest BCUT2D eigenvalue weighted by atomic mass is 32.2. The Labute approximate surface area is 160 Å². The van der Waals surface area contributed by atoms with Crippen molar-refractivity contribution in [3.63, 3.8) is 0 Å². The summed E-state index contributed by atoms with van der Waals surface area (Å²) in [6.45, 7) is 0.910. The average molecular weight is 417 g/mol. The molecular formula is C16H24N4O5S2. The molecule has 1 aromatic rings. The summed E-state index contributed by atoms with van der Waals surface area (Å²) in [6.07, 6.45) is 0.827. The van der Waals surface area contributed by atoms with Gasteiger partial charge in [-0.3, -0.25) is 4.79 Å². The van der Waals surface area contributed by atoms with Gasteiger partial charge in [-0.05, 0) is 25.0 Å². The van der Waals surface area contributed by atoms with E-state index >= 15 is 0 Å². The van der Waals surface area contributed by atoms with Crippen molar-refractivity contribution in [1.29, 1.82) is 0 Å². The molecular weight excluding hydrogens is 392 g/mol. The van der Waals surface area contributed by atoms with Crippen LogP contribution in [0, 0.1) is 5.92 Å². The van der Waals surface area contributed by atoms with Gasteiger partial charge < -0.3 is 5.73 Å². The van der Waals surface area contributed by atoms with Crippen LogP contribution >= 0.6 is 0 Å². The number of hydrogen-bond acceptors (Lipinski definition) is 5. The highest BCUT2D eigenvalue weighted by molar-refractivity contribution is 7.89. The maximum absolute atomic E-state index is 12.8. The van der Waals surface area contributed by atoms with E-state index in [-0.39, 0.29) is 50.1 Å². The maximum Gasteiger partial charge on any atom is 0.282 e. The van der Waals surface area contributed by atoms with Crippen LogP contribution in [-0.2, 0) is 25.0 Å². The third-order valence-electron chi connectivity index (χ3n) is 5.09. The number of piperidine rings is 1. The normalized spacial score (nSPS) is 21.9. The van der Waals surface area contributed by atoms with Gasteiger partial charge in [-0.2, -0.15) is 21.3 Å². The molecule has 0 aromatic heterocycles. The first-order chi connectivity index (χ1) is 12.7. The van der Waals surface area contributed by atoms with Crippen molar-refractivity contribution in [3.8, 4) is 0 Å². The van der Waals surface area contributed by atoms with Gasteiger partial charge in [0.25, 0.3) is 10.2 Å². The van der Waals surface area contributed by atoms with Crippen molar-refractivity contribution >= 4 is 26.1 Å². The molecule has 2 saturated heterocycles. The number of carbonyl (C=O) groups excluding carboxylic acids is 1. The molecule has 0 radical (unpaired) electrons. The van der Waals surface area contributed by atoms with Crippen molar-refractivity contribution < 1.29 is 21.6 Å². The topological polar surface area (TPSA) is 121 Å². The fourth-order valence-corrected chi connectivity index (χ4v) is 6.48. The molecule has 2 fully saturated rings. The smallest absolute Gasteiger partial charge is 0.282 e. The van der Waals surface area contributed by atoms with E-state index in [4.69, 9.17) is 5.73 Å². The third-order valence-corrected chi connectivity index (χ3v) is 9.04. The Bertz CT molecular complexity index is 873. The molecule has 11 heteroatoms. The summed E-state index contributed by atoms with van der Waals surface area (Å²) in [5.74, 6) is -0.684. The zero-order valence-corrected chi connectivity index (χ0v) is 16.5. The largest absolute Gasteiger partial charge is 0.369 e. The Kier molecular flexibility index (Phi) is 5.87. The number of primary amides is 1. The van der Waals surface area contributed by atoms with Crippen molar-refractivity contribution in [1.82, 2.24) is 12.9 Å². The van der Waals surface area contributed by atoms with Crippen molar-refractivity contribution in [2.24, 2.45) is 11.7 Å². The monoisotopic (exact) mass is 416 g/mol. The minimum atomic E-state index is -3.67. The van der Waals surface area contributed by atoms with Crippen LogP contribution in [0.1, 0.15) is 12.8 Å². The number of piperazine rings is 1. The first-order valence-electron chi connectivity index (χ1n) is 8.82. The molecule has 1 amide bonds. The number of nitrogens with zero attached hydrogens (tertiary/aromatic N) is 3. The molecule has 9 nitrogen and oxygen atoms in total. The van der Waals surface area contributed by atoms with Gasteiger partial charge in [0.15, 0.2) is 0 Å². The summed E-state index contributed by atoms with van der Waals surface area (Å²) < 4.78 is 54.9. The van der Waals surface area contributed by atoms with Crippen LogP contribution in [0.4, 0.5) is 0 Å². The number of benzene rings is 1. The lowest BCUT2D eigenvalue weighted by Gasteiger charge is -2.38.